The zero-order chi connectivity index (χ0) is 48.7. The Morgan fingerprint density at radius 3 is 2.01 bits per heavy atom. The Morgan fingerprint density at radius 1 is 0.592 bits per heavy atom. The Balaban J connectivity index is 0.000000123. The van der Waals surface area contributed by atoms with Gasteiger partial charge < -0.3 is 8.98 Å². The van der Waals surface area contributed by atoms with Crippen molar-refractivity contribution in [2.45, 2.75) is 90.4 Å². The smallest absolute Gasteiger partial charge is 0.140 e. The van der Waals surface area contributed by atoms with Crippen LogP contribution in [0.15, 0.2) is 217 Å². The van der Waals surface area contributed by atoms with E-state index in [1.807, 2.05) is 0 Å². The van der Waals surface area contributed by atoms with E-state index in [4.69, 9.17) is 4.42 Å². The molecule has 8 aromatic rings. The number of hydrogen-bond acceptors (Lipinski definition) is 1. The summed E-state index contributed by atoms with van der Waals surface area (Å²) in [5, 5.41) is 2.63. The van der Waals surface area contributed by atoms with Gasteiger partial charge in [0.15, 0.2) is 0 Å². The number of allylic oxidation sites excluding steroid dienone is 13. The molecule has 0 spiro atoms. The van der Waals surface area contributed by atoms with Crippen molar-refractivity contribution in [2.75, 3.05) is 0 Å². The first-order valence-electron chi connectivity index (χ1n) is 25.8. The second-order valence-corrected chi connectivity index (χ2v) is 21.0. The second kappa shape index (κ2) is 18.7. The summed E-state index contributed by atoms with van der Waals surface area (Å²) < 4.78 is 9.05. The van der Waals surface area contributed by atoms with Gasteiger partial charge in [0.1, 0.15) is 11.3 Å². The lowest BCUT2D eigenvalue weighted by Gasteiger charge is -2.47. The highest BCUT2D eigenvalue weighted by atomic mass is 16.3. The molecule has 0 saturated carbocycles. The Hall–Kier alpha value is -7.42. The predicted octanol–water partition coefficient (Wildman–Crippen LogP) is 18.7. The molecule has 352 valence electrons. The maximum absolute atomic E-state index is 6.55. The van der Waals surface area contributed by atoms with Crippen LogP contribution in [-0.2, 0) is 10.8 Å². The van der Waals surface area contributed by atoms with Gasteiger partial charge in [0.25, 0.3) is 0 Å². The molecule has 0 N–H and O–H groups in total. The van der Waals surface area contributed by atoms with Crippen LogP contribution in [0.5, 0.6) is 0 Å². The van der Waals surface area contributed by atoms with Crippen LogP contribution in [-0.4, -0.2) is 4.57 Å². The first-order chi connectivity index (χ1) is 34.6. The van der Waals surface area contributed by atoms with Gasteiger partial charge in [0.2, 0.25) is 0 Å². The van der Waals surface area contributed by atoms with Crippen molar-refractivity contribution in [3.63, 3.8) is 0 Å². The molecule has 0 amide bonds. The summed E-state index contributed by atoms with van der Waals surface area (Å²) in [6.45, 7) is 13.5. The number of aromatic nitrogens is 1. The molecule has 2 nitrogen and oxygen atoms in total. The van der Waals surface area contributed by atoms with Gasteiger partial charge in [-0.15, -0.1) is 0 Å². The minimum Gasteiger partial charge on any atom is -0.456 e. The largest absolute Gasteiger partial charge is 0.456 e. The Bertz CT molecular complexity index is 3510. The van der Waals surface area contributed by atoms with E-state index in [0.29, 0.717) is 5.92 Å². The standard InChI is InChI=1S/C29H24O.C26H25N.C14H16/c1-20-15-16-22-24(19-20)29(21-11-5-3-6-12-21,28(2)17-9-4-10-18-28)26-23-13-7-8-14-25(23)30-27(22)26;1-18-11-13-20(14-12-18)21-15-16-24-23(17-21)26-19(2)7-6-10-25(26)27(24)22-8-4-3-5-9-22;1-12-6-8-13(9-7-12)14(2)10-4-3-5-11-14/h3-17,19H,18H2,1-2H3;3-4,6,8,10-17,19H,5,7,9H2,1-2H3;3-10H,11H2,1-2H3. The number of aryl methyl sites for hydroxylation is 3. The highest BCUT2D eigenvalue weighted by molar-refractivity contribution is 5.97. The lowest BCUT2D eigenvalue weighted by atomic mass is 9.54. The van der Waals surface area contributed by atoms with Crippen LogP contribution in [0, 0.1) is 26.2 Å². The Morgan fingerprint density at radius 2 is 1.30 bits per heavy atom. The van der Waals surface area contributed by atoms with Gasteiger partial charge in [-0.1, -0.05) is 226 Å². The Labute approximate surface area is 421 Å². The average molecular weight is 924 g/mol. The van der Waals surface area contributed by atoms with E-state index in [9.17, 15) is 0 Å². The molecule has 0 saturated heterocycles. The van der Waals surface area contributed by atoms with E-state index in [0.717, 1.165) is 43.4 Å². The molecule has 0 fully saturated rings. The highest BCUT2D eigenvalue weighted by Gasteiger charge is 2.57. The molecule has 6 aromatic carbocycles. The molecule has 13 rings (SSSR count). The number of hydrogen-bond donors (Lipinski definition) is 0. The average Bonchev–Trinajstić information content (AvgIpc) is 4.05. The van der Waals surface area contributed by atoms with Crippen molar-refractivity contribution < 1.29 is 4.42 Å². The third-order valence-corrected chi connectivity index (χ3v) is 16.0. The molecular formula is C69H65NO. The summed E-state index contributed by atoms with van der Waals surface area (Å²) in [4.78, 5) is 0. The molecule has 71 heavy (non-hydrogen) atoms. The van der Waals surface area contributed by atoms with Crippen molar-refractivity contribution in [3.8, 4) is 22.5 Å². The SMILES string of the molecule is Cc1ccc(-c2ccc3c(c2)c2c(n3C3=CC=CCC3)C=CCC2C)cc1.Cc1ccc(C2(C)C=CC=CC2)cc1.Cc1ccc2c(c1)C(c1ccccc1)(C1(C)C=CC=CC1)c1c-2oc2ccccc12. The lowest BCUT2D eigenvalue weighted by molar-refractivity contribution is 0.294. The Kier molecular flexibility index (Phi) is 12.1. The van der Waals surface area contributed by atoms with E-state index in [1.165, 1.54) is 88.9 Å². The number of furan rings is 1. The molecule has 0 bridgehead atoms. The van der Waals surface area contributed by atoms with E-state index in [2.05, 4.69) is 265 Å². The first kappa shape index (κ1) is 46.0. The fraction of sp³-hybridized carbons (Fsp3) is 0.217. The number of para-hydroxylation sites is 1. The predicted molar refractivity (Wildman–Crippen MR) is 302 cm³/mol. The van der Waals surface area contributed by atoms with Gasteiger partial charge in [-0.2, -0.15) is 0 Å². The van der Waals surface area contributed by atoms with Crippen LogP contribution in [0.2, 0.25) is 0 Å². The maximum atomic E-state index is 6.55. The third kappa shape index (κ3) is 8.08. The molecule has 4 unspecified atom stereocenters. The quantitative estimate of drug-likeness (QED) is 0.168. The van der Waals surface area contributed by atoms with Gasteiger partial charge >= 0.3 is 0 Å². The maximum Gasteiger partial charge on any atom is 0.140 e. The lowest BCUT2D eigenvalue weighted by Crippen LogP contribution is -2.43. The molecule has 2 heterocycles. The van der Waals surface area contributed by atoms with Crippen molar-refractivity contribution >= 4 is 33.6 Å². The van der Waals surface area contributed by atoms with Crippen LogP contribution < -0.4 is 0 Å². The summed E-state index contributed by atoms with van der Waals surface area (Å²) in [5.74, 6) is 1.58. The zero-order valence-electron chi connectivity index (χ0n) is 42.3. The van der Waals surface area contributed by atoms with Crippen LogP contribution in [0.1, 0.15) is 109 Å². The van der Waals surface area contributed by atoms with Crippen LogP contribution in [0.25, 0.3) is 56.1 Å². The topological polar surface area (TPSA) is 18.1 Å². The normalized spacial score (nSPS) is 22.3. The molecule has 5 aliphatic carbocycles. The summed E-state index contributed by atoms with van der Waals surface area (Å²) in [6, 6.07) is 51.1. The summed E-state index contributed by atoms with van der Waals surface area (Å²) >= 11 is 0. The van der Waals surface area contributed by atoms with E-state index >= 15 is 0 Å². The molecule has 0 radical (unpaired) electrons. The van der Waals surface area contributed by atoms with Gasteiger partial charge in [-0.25, -0.2) is 0 Å². The van der Waals surface area contributed by atoms with Crippen LogP contribution in [0.4, 0.5) is 0 Å². The van der Waals surface area contributed by atoms with E-state index in [-0.39, 0.29) is 16.2 Å². The van der Waals surface area contributed by atoms with Crippen molar-refractivity contribution in [1.29, 1.82) is 0 Å². The van der Waals surface area contributed by atoms with Gasteiger partial charge in [0, 0.05) is 44.1 Å². The molecule has 4 atom stereocenters. The molecule has 2 heteroatoms. The van der Waals surface area contributed by atoms with Crippen LogP contribution >= 0.6 is 0 Å². The van der Waals surface area contributed by atoms with E-state index in [1.54, 1.807) is 0 Å². The molecule has 2 aromatic heterocycles. The fourth-order valence-corrected chi connectivity index (χ4v) is 12.2. The minimum absolute atomic E-state index is 0.121. The van der Waals surface area contributed by atoms with E-state index < -0.39 is 0 Å². The summed E-state index contributed by atoms with van der Waals surface area (Å²) in [5.41, 5.74) is 19.5. The number of benzene rings is 6. The van der Waals surface area contributed by atoms with Crippen molar-refractivity contribution in [3.05, 3.63) is 263 Å². The fourth-order valence-electron chi connectivity index (χ4n) is 12.2. The summed E-state index contributed by atoms with van der Waals surface area (Å²) in [7, 11) is 0. The first-order valence-corrected chi connectivity index (χ1v) is 25.8. The minimum atomic E-state index is -0.321. The van der Waals surface area contributed by atoms with Crippen molar-refractivity contribution in [2.24, 2.45) is 5.41 Å². The van der Waals surface area contributed by atoms with Gasteiger partial charge in [-0.3, -0.25) is 0 Å². The zero-order valence-corrected chi connectivity index (χ0v) is 42.3. The third-order valence-electron chi connectivity index (χ3n) is 16.0. The number of rotatable bonds is 5. The second-order valence-electron chi connectivity index (χ2n) is 21.0. The molecular weight excluding hydrogens is 859 g/mol. The number of fused-ring (bicyclic) bond motifs is 8. The highest BCUT2D eigenvalue weighted by Crippen LogP contribution is 2.65. The van der Waals surface area contributed by atoms with Crippen molar-refractivity contribution in [1.82, 2.24) is 4.57 Å². The summed E-state index contributed by atoms with van der Waals surface area (Å²) in [6.07, 6.45) is 34.7. The van der Waals surface area contributed by atoms with Gasteiger partial charge in [0.05, 0.1) is 10.9 Å². The van der Waals surface area contributed by atoms with Crippen LogP contribution in [0.3, 0.4) is 0 Å². The number of nitrogens with zero attached hydrogens (tertiary/aromatic N) is 1. The monoisotopic (exact) mass is 924 g/mol. The molecule has 5 aliphatic rings. The van der Waals surface area contributed by atoms with Gasteiger partial charge in [-0.05, 0) is 123 Å². The molecule has 0 aliphatic heterocycles.